The van der Waals surface area contributed by atoms with Crippen LogP contribution < -0.4 is 4.74 Å². The van der Waals surface area contributed by atoms with E-state index in [-0.39, 0.29) is 0 Å². The molecule has 0 atom stereocenters. The van der Waals surface area contributed by atoms with E-state index < -0.39 is 11.4 Å². The Balaban J connectivity index is 2.06. The fourth-order valence-corrected chi connectivity index (χ4v) is 3.23. The zero-order valence-electron chi connectivity index (χ0n) is 12.9. The van der Waals surface area contributed by atoms with Crippen LogP contribution in [-0.4, -0.2) is 31.4 Å². The third-order valence-corrected chi connectivity index (χ3v) is 4.62. The van der Waals surface area contributed by atoms with Gasteiger partial charge in [-0.25, -0.2) is 0 Å². The molecule has 1 fully saturated rings. The van der Waals surface area contributed by atoms with Crippen molar-refractivity contribution in [3.63, 3.8) is 0 Å². The molecule has 1 saturated carbocycles. The van der Waals surface area contributed by atoms with Gasteiger partial charge in [0.2, 0.25) is 0 Å². The molecule has 1 aromatic carbocycles. The third kappa shape index (κ3) is 4.14. The Morgan fingerprint density at radius 3 is 2.68 bits per heavy atom. The highest BCUT2D eigenvalue weighted by Gasteiger charge is 2.41. The van der Waals surface area contributed by atoms with Gasteiger partial charge in [-0.1, -0.05) is 30.5 Å². The molecule has 0 bridgehead atoms. The van der Waals surface area contributed by atoms with Gasteiger partial charge in [-0.05, 0) is 37.0 Å². The lowest BCUT2D eigenvalue weighted by Gasteiger charge is -2.24. The lowest BCUT2D eigenvalue weighted by Crippen LogP contribution is -2.30. The van der Waals surface area contributed by atoms with Crippen molar-refractivity contribution < 1.29 is 19.4 Å². The molecular weight excluding hydrogens is 304 g/mol. The van der Waals surface area contributed by atoms with Crippen LogP contribution in [0.1, 0.15) is 37.7 Å². The van der Waals surface area contributed by atoms with E-state index >= 15 is 0 Å². The smallest absolute Gasteiger partial charge is 0.309 e. The van der Waals surface area contributed by atoms with Crippen molar-refractivity contribution in [2.75, 3.05) is 20.3 Å². The van der Waals surface area contributed by atoms with Crippen molar-refractivity contribution in [1.82, 2.24) is 0 Å². The van der Waals surface area contributed by atoms with E-state index in [4.69, 9.17) is 21.1 Å². The highest BCUT2D eigenvalue weighted by atomic mass is 35.5. The summed E-state index contributed by atoms with van der Waals surface area (Å²) in [5.41, 5.74) is 0.344. The van der Waals surface area contributed by atoms with Crippen molar-refractivity contribution in [3.8, 4) is 5.75 Å². The third-order valence-electron chi connectivity index (χ3n) is 4.30. The monoisotopic (exact) mass is 326 g/mol. The Labute approximate surface area is 136 Å². The Morgan fingerprint density at radius 1 is 1.32 bits per heavy atom. The van der Waals surface area contributed by atoms with E-state index in [1.165, 1.54) is 0 Å². The van der Waals surface area contributed by atoms with E-state index in [0.717, 1.165) is 37.7 Å². The van der Waals surface area contributed by atoms with Gasteiger partial charge in [0.1, 0.15) is 5.75 Å². The molecule has 0 heterocycles. The summed E-state index contributed by atoms with van der Waals surface area (Å²) in [5, 5.41) is 10.1. The largest absolute Gasteiger partial charge is 0.492 e. The van der Waals surface area contributed by atoms with Crippen molar-refractivity contribution >= 4 is 17.6 Å². The molecule has 1 aliphatic carbocycles. The molecule has 122 valence electrons. The molecule has 1 N–H and O–H groups in total. The van der Waals surface area contributed by atoms with Gasteiger partial charge in [0, 0.05) is 20.1 Å². The first-order valence-corrected chi connectivity index (χ1v) is 8.09. The molecule has 4 nitrogen and oxygen atoms in total. The number of carbonyl (C=O) groups is 1. The molecule has 0 saturated heterocycles. The maximum atomic E-state index is 11.7. The second-order valence-corrected chi connectivity index (χ2v) is 6.34. The van der Waals surface area contributed by atoms with Crippen molar-refractivity contribution in [2.24, 2.45) is 5.41 Å². The van der Waals surface area contributed by atoms with Gasteiger partial charge < -0.3 is 14.6 Å². The molecule has 0 unspecified atom stereocenters. The van der Waals surface area contributed by atoms with Gasteiger partial charge in [0.15, 0.2) is 0 Å². The molecule has 0 aromatic heterocycles. The first kappa shape index (κ1) is 17.1. The molecule has 0 aliphatic heterocycles. The molecule has 0 radical (unpaired) electrons. The first-order valence-electron chi connectivity index (χ1n) is 7.71. The number of ether oxygens (including phenoxy) is 2. The summed E-state index contributed by atoms with van der Waals surface area (Å²) in [6.45, 7) is 1.17. The van der Waals surface area contributed by atoms with E-state index in [0.29, 0.717) is 30.4 Å². The number of carboxylic acids is 1. The van der Waals surface area contributed by atoms with E-state index in [1.54, 1.807) is 13.2 Å². The summed E-state index contributed by atoms with van der Waals surface area (Å²) >= 11 is 6.15. The number of aliphatic carboxylic acids is 1. The van der Waals surface area contributed by atoms with Crippen LogP contribution in [0.15, 0.2) is 18.2 Å². The maximum Gasteiger partial charge on any atom is 0.309 e. The SMILES string of the molecule is COCCCOc1cc(CC2(C(=O)O)CCCC2)ccc1Cl. The van der Waals surface area contributed by atoms with Crippen molar-refractivity contribution in [1.29, 1.82) is 0 Å². The lowest BCUT2D eigenvalue weighted by molar-refractivity contribution is -0.148. The van der Waals surface area contributed by atoms with E-state index in [1.807, 2.05) is 12.1 Å². The topological polar surface area (TPSA) is 55.8 Å². The van der Waals surface area contributed by atoms with Crippen LogP contribution >= 0.6 is 11.6 Å². The zero-order chi connectivity index (χ0) is 16.0. The summed E-state index contributed by atoms with van der Waals surface area (Å²) in [7, 11) is 1.65. The van der Waals surface area contributed by atoms with Gasteiger partial charge >= 0.3 is 5.97 Å². The summed E-state index contributed by atoms with van der Waals surface area (Å²) < 4.78 is 10.7. The number of carboxylic acid groups (broad SMARTS) is 1. The quantitative estimate of drug-likeness (QED) is 0.735. The maximum absolute atomic E-state index is 11.7. The molecule has 2 rings (SSSR count). The number of halogens is 1. The van der Waals surface area contributed by atoms with Gasteiger partial charge in [-0.15, -0.1) is 0 Å². The minimum Gasteiger partial charge on any atom is -0.492 e. The predicted molar refractivity (Wildman–Crippen MR) is 85.7 cm³/mol. The summed E-state index contributed by atoms with van der Waals surface area (Å²) in [5.74, 6) is -0.0729. The minimum atomic E-state index is -0.692. The van der Waals surface area contributed by atoms with Crippen LogP contribution in [0.4, 0.5) is 0 Å². The number of hydrogen-bond donors (Lipinski definition) is 1. The average Bonchev–Trinajstić information content (AvgIpc) is 2.96. The summed E-state index contributed by atoms with van der Waals surface area (Å²) in [6, 6.07) is 5.55. The molecular formula is C17H23ClO4. The average molecular weight is 327 g/mol. The van der Waals surface area contributed by atoms with Crippen LogP contribution in [-0.2, 0) is 16.0 Å². The van der Waals surface area contributed by atoms with Crippen LogP contribution in [0.25, 0.3) is 0 Å². The van der Waals surface area contributed by atoms with Crippen LogP contribution in [0.5, 0.6) is 5.75 Å². The van der Waals surface area contributed by atoms with Gasteiger partial charge in [0.05, 0.1) is 17.0 Å². The second kappa shape index (κ2) is 7.84. The Bertz CT molecular complexity index is 509. The lowest BCUT2D eigenvalue weighted by atomic mass is 9.80. The zero-order valence-corrected chi connectivity index (χ0v) is 13.7. The van der Waals surface area contributed by atoms with Crippen molar-refractivity contribution in [3.05, 3.63) is 28.8 Å². The fraction of sp³-hybridized carbons (Fsp3) is 0.588. The minimum absolute atomic E-state index is 0.529. The summed E-state index contributed by atoms with van der Waals surface area (Å²) in [4.78, 5) is 11.7. The van der Waals surface area contributed by atoms with Gasteiger partial charge in [-0.3, -0.25) is 4.79 Å². The number of methoxy groups -OCH3 is 1. The molecule has 5 heteroatoms. The second-order valence-electron chi connectivity index (χ2n) is 5.93. The molecule has 0 spiro atoms. The van der Waals surface area contributed by atoms with Crippen LogP contribution in [0.2, 0.25) is 5.02 Å². The highest BCUT2D eigenvalue weighted by Crippen LogP contribution is 2.42. The molecule has 1 aromatic rings. The highest BCUT2D eigenvalue weighted by molar-refractivity contribution is 6.32. The Morgan fingerprint density at radius 2 is 2.05 bits per heavy atom. The predicted octanol–water partition coefficient (Wildman–Crippen LogP) is 3.94. The molecule has 0 amide bonds. The Hall–Kier alpha value is -1.26. The van der Waals surface area contributed by atoms with Crippen LogP contribution in [0, 0.1) is 5.41 Å². The standard InChI is InChI=1S/C17H23ClO4/c1-21-9-4-10-22-15-11-13(5-6-14(15)18)12-17(16(19)20)7-2-3-8-17/h5-6,11H,2-4,7-10,12H2,1H3,(H,19,20). The van der Waals surface area contributed by atoms with E-state index in [9.17, 15) is 9.90 Å². The number of hydrogen-bond acceptors (Lipinski definition) is 3. The molecule has 1 aliphatic rings. The number of rotatable bonds is 8. The van der Waals surface area contributed by atoms with Gasteiger partial charge in [0.25, 0.3) is 0 Å². The Kier molecular flexibility index (Phi) is 6.09. The molecule has 22 heavy (non-hydrogen) atoms. The van der Waals surface area contributed by atoms with Crippen molar-refractivity contribution in [2.45, 2.75) is 38.5 Å². The van der Waals surface area contributed by atoms with Gasteiger partial charge in [-0.2, -0.15) is 0 Å². The fourth-order valence-electron chi connectivity index (χ4n) is 3.06. The van der Waals surface area contributed by atoms with Crippen LogP contribution in [0.3, 0.4) is 0 Å². The number of benzene rings is 1. The normalized spacial score (nSPS) is 16.6. The summed E-state index contributed by atoms with van der Waals surface area (Å²) in [6.07, 6.45) is 4.79. The first-order chi connectivity index (χ1) is 10.6. The van der Waals surface area contributed by atoms with E-state index in [2.05, 4.69) is 0 Å².